The minimum Gasteiger partial charge on any atom is -0.480 e. The Hall–Kier alpha value is -3.26. The van der Waals surface area contributed by atoms with E-state index in [9.17, 15) is 39.6 Å². The molecular formula is C25H35N5O8S. The maximum atomic E-state index is 12.3. The van der Waals surface area contributed by atoms with Crippen LogP contribution in [0.5, 0.6) is 0 Å². The van der Waals surface area contributed by atoms with Crippen molar-refractivity contribution in [2.24, 2.45) is 4.99 Å². The molecule has 0 radical (unpaired) electrons. The van der Waals surface area contributed by atoms with Gasteiger partial charge in [0.2, 0.25) is 0 Å². The molecule has 2 rings (SSSR count). The van der Waals surface area contributed by atoms with Crippen molar-refractivity contribution in [2.45, 2.75) is 18.9 Å². The van der Waals surface area contributed by atoms with Crippen molar-refractivity contribution >= 4 is 46.9 Å². The van der Waals surface area contributed by atoms with Crippen molar-refractivity contribution in [3.63, 3.8) is 0 Å². The summed E-state index contributed by atoms with van der Waals surface area (Å²) in [5.74, 6) is -4.14. The second-order valence-corrected chi connectivity index (χ2v) is 9.49. The zero-order valence-corrected chi connectivity index (χ0v) is 22.5. The zero-order chi connectivity index (χ0) is 28.8. The van der Waals surface area contributed by atoms with Crippen LogP contribution < -0.4 is 0 Å². The highest BCUT2D eigenvalue weighted by Gasteiger charge is 2.28. The van der Waals surface area contributed by atoms with Crippen molar-refractivity contribution in [1.82, 2.24) is 19.6 Å². The fourth-order valence-electron chi connectivity index (χ4n) is 4.47. The number of rotatable bonds is 12. The average molecular weight is 566 g/mol. The Bertz CT molecular complexity index is 1000. The molecule has 1 heterocycles. The van der Waals surface area contributed by atoms with E-state index in [4.69, 9.17) is 0 Å². The third kappa shape index (κ3) is 12.4. The fourth-order valence-corrected chi connectivity index (χ4v) is 4.57. The number of benzene rings is 1. The van der Waals surface area contributed by atoms with Gasteiger partial charge in [-0.05, 0) is 42.8 Å². The smallest absolute Gasteiger partial charge is 0.320 e. The summed E-state index contributed by atoms with van der Waals surface area (Å²) < 4.78 is 0. The molecule has 1 aliphatic heterocycles. The first-order valence-corrected chi connectivity index (χ1v) is 12.9. The Morgan fingerprint density at radius 1 is 0.744 bits per heavy atom. The van der Waals surface area contributed by atoms with Gasteiger partial charge in [0.1, 0.15) is 6.04 Å². The number of hydrogen-bond acceptors (Lipinski definition) is 10. The summed E-state index contributed by atoms with van der Waals surface area (Å²) in [5, 5.41) is 40.4. The van der Waals surface area contributed by atoms with Crippen LogP contribution in [0.3, 0.4) is 0 Å². The standard InChI is InChI=1S/C25H35N5O8S/c31-22(32)15-27-7-9-28(16-23(33)34)11-13-30(14-12-29(10-8-27)17-24(35)36)21(25(37)38)6-3-19-1-4-20(5-2-19)26-18-39/h1-2,4-5,21H,3,6-17H2,(H,31,32)(H,33,34)(H,35,36)(H,37,38). The van der Waals surface area contributed by atoms with Gasteiger partial charge in [0, 0.05) is 52.4 Å². The van der Waals surface area contributed by atoms with Crippen LogP contribution in [0.2, 0.25) is 0 Å². The lowest BCUT2D eigenvalue weighted by Crippen LogP contribution is -2.51. The topological polar surface area (TPSA) is 175 Å². The first-order chi connectivity index (χ1) is 18.6. The third-order valence-electron chi connectivity index (χ3n) is 6.49. The minimum atomic E-state index is -1.04. The van der Waals surface area contributed by atoms with E-state index in [2.05, 4.69) is 22.4 Å². The molecule has 1 aromatic carbocycles. The van der Waals surface area contributed by atoms with Gasteiger partial charge >= 0.3 is 23.9 Å². The lowest BCUT2D eigenvalue weighted by atomic mass is 10.0. The summed E-state index contributed by atoms with van der Waals surface area (Å²) in [4.78, 5) is 57.2. The van der Waals surface area contributed by atoms with Gasteiger partial charge in [-0.25, -0.2) is 0 Å². The van der Waals surface area contributed by atoms with E-state index < -0.39 is 29.9 Å². The monoisotopic (exact) mass is 565 g/mol. The highest BCUT2D eigenvalue weighted by atomic mass is 32.1. The van der Waals surface area contributed by atoms with E-state index in [1.807, 2.05) is 12.1 Å². The van der Waals surface area contributed by atoms with Gasteiger partial charge in [-0.1, -0.05) is 12.1 Å². The fraction of sp³-hybridized carbons (Fsp3) is 0.560. The predicted octanol–water partition coefficient (Wildman–Crippen LogP) is 0.282. The van der Waals surface area contributed by atoms with Gasteiger partial charge < -0.3 is 20.4 Å². The van der Waals surface area contributed by atoms with E-state index in [-0.39, 0.29) is 78.4 Å². The first-order valence-electron chi connectivity index (χ1n) is 12.5. The molecule has 1 saturated heterocycles. The molecule has 14 heteroatoms. The van der Waals surface area contributed by atoms with Crippen molar-refractivity contribution in [3.05, 3.63) is 29.8 Å². The molecule has 1 atom stereocenters. The highest BCUT2D eigenvalue weighted by molar-refractivity contribution is 7.78. The molecule has 1 aromatic rings. The lowest BCUT2D eigenvalue weighted by molar-refractivity contribution is -0.145. The number of carboxylic acid groups (broad SMARTS) is 4. The second kappa shape index (κ2) is 16.6. The number of aryl methyl sites for hydroxylation is 1. The summed E-state index contributed by atoms with van der Waals surface area (Å²) in [7, 11) is 0. The van der Waals surface area contributed by atoms with Crippen LogP contribution in [0, 0.1) is 0 Å². The molecule has 39 heavy (non-hydrogen) atoms. The molecule has 0 amide bonds. The van der Waals surface area contributed by atoms with E-state index in [0.29, 0.717) is 12.1 Å². The Morgan fingerprint density at radius 2 is 1.15 bits per heavy atom. The molecule has 0 spiro atoms. The van der Waals surface area contributed by atoms with Crippen molar-refractivity contribution < 1.29 is 39.6 Å². The van der Waals surface area contributed by atoms with Crippen LogP contribution in [0.4, 0.5) is 5.69 Å². The lowest BCUT2D eigenvalue weighted by Gasteiger charge is -2.35. The maximum absolute atomic E-state index is 12.3. The molecule has 1 aliphatic rings. The van der Waals surface area contributed by atoms with Gasteiger partial charge in [0.15, 0.2) is 0 Å². The number of carboxylic acids is 4. The molecule has 214 valence electrons. The number of aliphatic carboxylic acids is 4. The van der Waals surface area contributed by atoms with Gasteiger partial charge in [0.05, 0.1) is 30.5 Å². The number of isothiocyanates is 1. The minimum absolute atomic E-state index is 0.242. The summed E-state index contributed by atoms with van der Waals surface area (Å²) in [5.41, 5.74) is 1.56. The van der Waals surface area contributed by atoms with Crippen LogP contribution in [0.25, 0.3) is 0 Å². The van der Waals surface area contributed by atoms with Crippen LogP contribution in [-0.4, -0.2) is 147 Å². The highest BCUT2D eigenvalue weighted by Crippen LogP contribution is 2.16. The third-order valence-corrected chi connectivity index (χ3v) is 6.58. The molecular weight excluding hydrogens is 530 g/mol. The summed E-state index contributed by atoms with van der Waals surface area (Å²) in [6.07, 6.45) is 0.756. The van der Waals surface area contributed by atoms with Gasteiger partial charge in [-0.3, -0.25) is 38.8 Å². The number of thiocarbonyl (C=S) groups is 1. The van der Waals surface area contributed by atoms with Gasteiger partial charge in [-0.2, -0.15) is 4.99 Å². The predicted molar refractivity (Wildman–Crippen MR) is 145 cm³/mol. The first kappa shape index (κ1) is 32.0. The Labute approximate surface area is 231 Å². The van der Waals surface area contributed by atoms with Crippen LogP contribution in [0.1, 0.15) is 12.0 Å². The summed E-state index contributed by atoms with van der Waals surface area (Å²) >= 11 is 4.61. The van der Waals surface area contributed by atoms with Crippen LogP contribution in [0.15, 0.2) is 29.3 Å². The molecule has 0 aliphatic carbocycles. The Balaban J connectivity index is 2.23. The van der Waals surface area contributed by atoms with E-state index in [1.165, 1.54) is 0 Å². The molecule has 0 bridgehead atoms. The summed E-state index contributed by atoms with van der Waals surface area (Å²) in [6, 6.07) is 6.33. The van der Waals surface area contributed by atoms with Crippen LogP contribution >= 0.6 is 12.2 Å². The molecule has 1 fully saturated rings. The number of carbonyl (C=O) groups is 4. The Morgan fingerprint density at radius 3 is 1.51 bits per heavy atom. The average Bonchev–Trinajstić information content (AvgIpc) is 2.85. The van der Waals surface area contributed by atoms with Gasteiger partial charge in [-0.15, -0.1) is 0 Å². The number of nitrogens with zero attached hydrogens (tertiary/aromatic N) is 5. The SMILES string of the molecule is O=C(O)CN1CCN(CC(=O)O)CCN(C(CCc2ccc(N=C=S)cc2)C(=O)O)CCN(CC(=O)O)CC1. The van der Waals surface area contributed by atoms with Crippen molar-refractivity contribution in [3.8, 4) is 0 Å². The normalized spacial score (nSPS) is 17.7. The largest absolute Gasteiger partial charge is 0.480 e. The summed E-state index contributed by atoms with van der Waals surface area (Å²) in [6.45, 7) is 1.26. The van der Waals surface area contributed by atoms with E-state index >= 15 is 0 Å². The van der Waals surface area contributed by atoms with E-state index in [1.54, 1.807) is 31.7 Å². The zero-order valence-electron chi connectivity index (χ0n) is 21.6. The molecule has 0 saturated carbocycles. The molecule has 13 nitrogen and oxygen atoms in total. The molecule has 4 N–H and O–H groups in total. The molecule has 0 aromatic heterocycles. The van der Waals surface area contributed by atoms with Gasteiger partial charge in [0.25, 0.3) is 0 Å². The quantitative estimate of drug-likeness (QED) is 0.201. The van der Waals surface area contributed by atoms with Crippen molar-refractivity contribution in [2.75, 3.05) is 72.0 Å². The van der Waals surface area contributed by atoms with Crippen LogP contribution in [-0.2, 0) is 25.6 Å². The second-order valence-electron chi connectivity index (χ2n) is 9.31. The number of hydrogen-bond donors (Lipinski definition) is 4. The van der Waals surface area contributed by atoms with E-state index in [0.717, 1.165) is 5.56 Å². The van der Waals surface area contributed by atoms with Crippen molar-refractivity contribution in [1.29, 1.82) is 0 Å². The maximum Gasteiger partial charge on any atom is 0.320 e. The molecule has 1 unspecified atom stereocenters. The number of aliphatic imine (C=N–C) groups is 1. The Kier molecular flexibility index (Phi) is 13.6.